The highest BCUT2D eigenvalue weighted by atomic mass is 79.9. The van der Waals surface area contributed by atoms with Crippen LogP contribution in [0.25, 0.3) is 0 Å². The van der Waals surface area contributed by atoms with Gasteiger partial charge in [-0.25, -0.2) is 0 Å². The maximum absolute atomic E-state index is 4.52. The molecule has 0 saturated heterocycles. The normalized spacial score (nSPS) is 16.4. The van der Waals surface area contributed by atoms with Crippen molar-refractivity contribution in [1.29, 1.82) is 0 Å². The van der Waals surface area contributed by atoms with Gasteiger partial charge in [-0.3, -0.25) is 9.88 Å². The van der Waals surface area contributed by atoms with E-state index in [1.807, 2.05) is 12.3 Å². The summed E-state index contributed by atoms with van der Waals surface area (Å²) in [6.45, 7) is 3.26. The van der Waals surface area contributed by atoms with Crippen molar-refractivity contribution in [2.45, 2.75) is 38.4 Å². The Kier molecular flexibility index (Phi) is 4.18. The van der Waals surface area contributed by atoms with Gasteiger partial charge in [0, 0.05) is 29.3 Å². The zero-order chi connectivity index (χ0) is 13.9. The van der Waals surface area contributed by atoms with Crippen molar-refractivity contribution in [2.24, 2.45) is 0 Å². The topological polar surface area (TPSA) is 16.1 Å². The minimum Gasteiger partial charge on any atom is -0.288 e. The van der Waals surface area contributed by atoms with Gasteiger partial charge >= 0.3 is 0 Å². The van der Waals surface area contributed by atoms with E-state index in [1.54, 1.807) is 0 Å². The SMILES string of the molecule is C[C@@H](c1ccccn1)N(Cc1ccc(Br)cc1)C1CC1. The third-order valence-corrected chi connectivity index (χ3v) is 4.44. The molecule has 2 nitrogen and oxygen atoms in total. The maximum atomic E-state index is 4.52. The molecule has 20 heavy (non-hydrogen) atoms. The van der Waals surface area contributed by atoms with Crippen LogP contribution in [0.1, 0.15) is 37.1 Å². The van der Waals surface area contributed by atoms with Crippen LogP contribution in [-0.4, -0.2) is 15.9 Å². The van der Waals surface area contributed by atoms with Crippen molar-refractivity contribution in [2.75, 3.05) is 0 Å². The Bertz CT molecular complexity index is 549. The number of nitrogens with zero attached hydrogens (tertiary/aromatic N) is 2. The lowest BCUT2D eigenvalue weighted by molar-refractivity contribution is 0.187. The first kappa shape index (κ1) is 13.8. The summed E-state index contributed by atoms with van der Waals surface area (Å²) in [5.41, 5.74) is 2.53. The fraction of sp³-hybridized carbons (Fsp3) is 0.353. The van der Waals surface area contributed by atoms with Gasteiger partial charge in [-0.05, 0) is 49.6 Å². The highest BCUT2D eigenvalue weighted by Crippen LogP contribution is 2.35. The average molecular weight is 331 g/mol. The van der Waals surface area contributed by atoms with Gasteiger partial charge in [-0.1, -0.05) is 34.1 Å². The lowest BCUT2D eigenvalue weighted by atomic mass is 10.1. The summed E-state index contributed by atoms with van der Waals surface area (Å²) in [7, 11) is 0. The fourth-order valence-electron chi connectivity index (χ4n) is 2.58. The van der Waals surface area contributed by atoms with Crippen LogP contribution in [0.3, 0.4) is 0 Å². The maximum Gasteiger partial charge on any atom is 0.0572 e. The molecule has 0 radical (unpaired) electrons. The molecule has 0 amide bonds. The van der Waals surface area contributed by atoms with E-state index >= 15 is 0 Å². The molecule has 104 valence electrons. The molecule has 0 unspecified atom stereocenters. The Morgan fingerprint density at radius 3 is 2.55 bits per heavy atom. The number of halogens is 1. The second-order valence-electron chi connectivity index (χ2n) is 5.46. The first-order chi connectivity index (χ1) is 9.74. The van der Waals surface area contributed by atoms with E-state index in [4.69, 9.17) is 0 Å². The molecular weight excluding hydrogens is 312 g/mol. The highest BCUT2D eigenvalue weighted by molar-refractivity contribution is 9.10. The second kappa shape index (κ2) is 6.06. The Hall–Kier alpha value is -1.19. The summed E-state index contributed by atoms with van der Waals surface area (Å²) >= 11 is 3.49. The Morgan fingerprint density at radius 2 is 1.95 bits per heavy atom. The van der Waals surface area contributed by atoms with E-state index in [9.17, 15) is 0 Å². The van der Waals surface area contributed by atoms with Crippen molar-refractivity contribution in [3.05, 3.63) is 64.4 Å². The molecule has 1 aliphatic rings. The first-order valence-corrected chi connectivity index (χ1v) is 7.94. The van der Waals surface area contributed by atoms with Gasteiger partial charge in [0.15, 0.2) is 0 Å². The second-order valence-corrected chi connectivity index (χ2v) is 6.38. The van der Waals surface area contributed by atoms with Crippen LogP contribution in [0, 0.1) is 0 Å². The summed E-state index contributed by atoms with van der Waals surface area (Å²) in [4.78, 5) is 7.09. The van der Waals surface area contributed by atoms with E-state index in [1.165, 1.54) is 18.4 Å². The van der Waals surface area contributed by atoms with E-state index in [-0.39, 0.29) is 0 Å². The molecule has 3 heteroatoms. The van der Waals surface area contributed by atoms with Crippen LogP contribution < -0.4 is 0 Å². The van der Waals surface area contributed by atoms with Gasteiger partial charge < -0.3 is 0 Å². The molecule has 1 atom stereocenters. The molecule has 1 heterocycles. The third kappa shape index (κ3) is 3.28. The predicted octanol–water partition coefficient (Wildman–Crippen LogP) is 4.57. The minimum absolute atomic E-state index is 0.368. The monoisotopic (exact) mass is 330 g/mol. The van der Waals surface area contributed by atoms with Crippen molar-refractivity contribution in [1.82, 2.24) is 9.88 Å². The van der Waals surface area contributed by atoms with Crippen molar-refractivity contribution >= 4 is 15.9 Å². The zero-order valence-electron chi connectivity index (χ0n) is 11.7. The Balaban J connectivity index is 1.77. The van der Waals surface area contributed by atoms with Gasteiger partial charge in [-0.2, -0.15) is 0 Å². The molecular formula is C17H19BrN2. The quantitative estimate of drug-likeness (QED) is 0.798. The Labute approximate surface area is 129 Å². The van der Waals surface area contributed by atoms with E-state index in [0.29, 0.717) is 6.04 Å². The van der Waals surface area contributed by atoms with E-state index in [2.05, 4.69) is 69.1 Å². The van der Waals surface area contributed by atoms with Crippen molar-refractivity contribution in [3.8, 4) is 0 Å². The summed E-state index contributed by atoms with van der Waals surface area (Å²) in [5.74, 6) is 0. The number of benzene rings is 1. The molecule has 0 N–H and O–H groups in total. The average Bonchev–Trinajstić information content (AvgIpc) is 3.31. The summed E-state index contributed by atoms with van der Waals surface area (Å²) < 4.78 is 1.14. The summed E-state index contributed by atoms with van der Waals surface area (Å²) in [5, 5.41) is 0. The predicted molar refractivity (Wildman–Crippen MR) is 85.4 cm³/mol. The Morgan fingerprint density at radius 1 is 1.20 bits per heavy atom. The molecule has 0 spiro atoms. The molecule has 2 aromatic rings. The standard InChI is InChI=1S/C17H19BrN2/c1-13(17-4-2-3-11-19-17)20(16-9-10-16)12-14-5-7-15(18)8-6-14/h2-8,11,13,16H,9-10,12H2,1H3/t13-/m0/s1. The third-order valence-electron chi connectivity index (χ3n) is 3.91. The fourth-order valence-corrected chi connectivity index (χ4v) is 2.85. The summed E-state index contributed by atoms with van der Waals surface area (Å²) in [6.07, 6.45) is 4.51. The lowest BCUT2D eigenvalue weighted by Gasteiger charge is -2.29. The molecule has 1 aromatic heterocycles. The lowest BCUT2D eigenvalue weighted by Crippen LogP contribution is -2.29. The number of hydrogen-bond acceptors (Lipinski definition) is 2. The number of hydrogen-bond donors (Lipinski definition) is 0. The molecule has 1 aromatic carbocycles. The van der Waals surface area contributed by atoms with Crippen LogP contribution >= 0.6 is 15.9 Å². The van der Waals surface area contributed by atoms with Crippen LogP contribution in [0.15, 0.2) is 53.1 Å². The molecule has 1 aliphatic carbocycles. The molecule has 3 rings (SSSR count). The molecule has 1 saturated carbocycles. The van der Waals surface area contributed by atoms with E-state index < -0.39 is 0 Å². The van der Waals surface area contributed by atoms with Crippen LogP contribution in [-0.2, 0) is 6.54 Å². The highest BCUT2D eigenvalue weighted by Gasteiger charge is 2.33. The van der Waals surface area contributed by atoms with Gasteiger partial charge in [0.25, 0.3) is 0 Å². The number of aromatic nitrogens is 1. The van der Waals surface area contributed by atoms with Gasteiger partial charge in [0.2, 0.25) is 0 Å². The summed E-state index contributed by atoms with van der Waals surface area (Å²) in [6, 6.07) is 15.9. The van der Waals surface area contributed by atoms with Crippen LogP contribution in [0.5, 0.6) is 0 Å². The van der Waals surface area contributed by atoms with Crippen LogP contribution in [0.4, 0.5) is 0 Å². The van der Waals surface area contributed by atoms with E-state index in [0.717, 1.165) is 22.8 Å². The number of rotatable bonds is 5. The minimum atomic E-state index is 0.368. The van der Waals surface area contributed by atoms with Crippen molar-refractivity contribution < 1.29 is 0 Å². The molecule has 1 fully saturated rings. The van der Waals surface area contributed by atoms with Gasteiger partial charge in [0.1, 0.15) is 0 Å². The molecule has 0 aliphatic heterocycles. The zero-order valence-corrected chi connectivity index (χ0v) is 13.3. The van der Waals surface area contributed by atoms with Crippen LogP contribution in [0.2, 0.25) is 0 Å². The van der Waals surface area contributed by atoms with Crippen molar-refractivity contribution in [3.63, 3.8) is 0 Å². The first-order valence-electron chi connectivity index (χ1n) is 7.15. The van der Waals surface area contributed by atoms with Gasteiger partial charge in [0.05, 0.1) is 5.69 Å². The number of pyridine rings is 1. The van der Waals surface area contributed by atoms with Gasteiger partial charge in [-0.15, -0.1) is 0 Å². The molecule has 0 bridgehead atoms. The smallest absolute Gasteiger partial charge is 0.0572 e. The largest absolute Gasteiger partial charge is 0.288 e.